The molecule has 0 amide bonds. The maximum Gasteiger partial charge on any atom is 0.335 e. The van der Waals surface area contributed by atoms with Crippen molar-refractivity contribution in [1.29, 1.82) is 0 Å². The second kappa shape index (κ2) is 9.95. The van der Waals surface area contributed by atoms with Gasteiger partial charge in [0.1, 0.15) is 0 Å². The molecule has 2 N–H and O–H groups in total. The van der Waals surface area contributed by atoms with Gasteiger partial charge in [-0.15, -0.1) is 5.10 Å². The number of carbonyl (C=O) groups is 1. The van der Waals surface area contributed by atoms with Crippen LogP contribution in [0.15, 0.2) is 73.1 Å². The minimum Gasteiger partial charge on any atom is -0.478 e. The van der Waals surface area contributed by atoms with Crippen LogP contribution in [0.4, 0.5) is 0 Å². The summed E-state index contributed by atoms with van der Waals surface area (Å²) in [5, 5.41) is 22.2. The van der Waals surface area contributed by atoms with Crippen molar-refractivity contribution in [3.05, 3.63) is 78.6 Å². The summed E-state index contributed by atoms with van der Waals surface area (Å²) in [7, 11) is 0. The molecule has 0 aliphatic rings. The molecule has 0 aliphatic carbocycles. The molecule has 6 heteroatoms. The first-order chi connectivity index (χ1) is 9.80. The van der Waals surface area contributed by atoms with Gasteiger partial charge in [-0.05, 0) is 34.7 Å². The number of aromatic amines is 1. The van der Waals surface area contributed by atoms with E-state index in [-0.39, 0.29) is 5.56 Å². The van der Waals surface area contributed by atoms with E-state index in [0.29, 0.717) is 0 Å². The molecule has 0 unspecified atom stereocenters. The van der Waals surface area contributed by atoms with Crippen LogP contribution in [0, 0.1) is 0 Å². The SMILES string of the molecule is O=C(O)c1ccccccccnnn[nH]cccc1. The van der Waals surface area contributed by atoms with Gasteiger partial charge in [-0.3, -0.25) is 5.10 Å². The van der Waals surface area contributed by atoms with Gasteiger partial charge < -0.3 is 5.11 Å². The Hall–Kier alpha value is -3.02. The summed E-state index contributed by atoms with van der Waals surface area (Å²) in [5.74, 6) is -0.998. The number of nitrogens with zero attached hydrogens (tertiary/aromatic N) is 3. The van der Waals surface area contributed by atoms with Crippen molar-refractivity contribution in [1.82, 2.24) is 20.6 Å². The number of hydrogen-bond acceptors (Lipinski definition) is 4. The van der Waals surface area contributed by atoms with E-state index in [1.54, 1.807) is 48.5 Å². The second-order valence-electron chi connectivity index (χ2n) is 3.38. The highest BCUT2D eigenvalue weighted by atomic mass is 16.4. The van der Waals surface area contributed by atoms with Crippen LogP contribution in [0.25, 0.3) is 0 Å². The van der Waals surface area contributed by atoms with Crippen molar-refractivity contribution in [2.45, 2.75) is 0 Å². The molecular weight excluding hydrogens is 256 g/mol. The highest BCUT2D eigenvalue weighted by Crippen LogP contribution is 1.93. The summed E-state index contributed by atoms with van der Waals surface area (Å²) in [6, 6.07) is 16.5. The van der Waals surface area contributed by atoms with Gasteiger partial charge in [0.25, 0.3) is 0 Å². The Morgan fingerprint density at radius 1 is 0.950 bits per heavy atom. The second-order valence-corrected chi connectivity index (χ2v) is 3.38. The number of rotatable bonds is 1. The van der Waals surface area contributed by atoms with Gasteiger partial charge in [-0.25, -0.2) is 4.79 Å². The molecule has 1 heterocycles. The zero-order valence-corrected chi connectivity index (χ0v) is 10.6. The van der Waals surface area contributed by atoms with E-state index in [4.69, 9.17) is 5.11 Å². The maximum atomic E-state index is 11.0. The van der Waals surface area contributed by atoms with Crippen LogP contribution in [-0.2, 0) is 0 Å². The molecule has 1 rings (SSSR count). The molecule has 0 fully saturated rings. The third-order valence-corrected chi connectivity index (χ3v) is 1.94. The van der Waals surface area contributed by atoms with Crippen molar-refractivity contribution >= 4 is 5.97 Å². The minimum absolute atomic E-state index is 0.170. The van der Waals surface area contributed by atoms with Crippen LogP contribution >= 0.6 is 0 Å². The van der Waals surface area contributed by atoms with E-state index in [2.05, 4.69) is 20.6 Å². The van der Waals surface area contributed by atoms with Crippen LogP contribution in [0.2, 0.25) is 0 Å². The lowest BCUT2D eigenvalue weighted by molar-refractivity contribution is 0.0697. The van der Waals surface area contributed by atoms with E-state index in [1.165, 1.54) is 24.5 Å². The monoisotopic (exact) mass is 270 g/mol. The first-order valence-corrected chi connectivity index (χ1v) is 5.76. The molecule has 0 bridgehead atoms. The normalized spacial score (nSPS) is 8.40. The Labute approximate surface area is 116 Å². The van der Waals surface area contributed by atoms with Crippen molar-refractivity contribution in [2.24, 2.45) is 0 Å². The molecule has 102 valence electrons. The van der Waals surface area contributed by atoms with Crippen molar-refractivity contribution < 1.29 is 9.90 Å². The zero-order chi connectivity index (χ0) is 14.5. The summed E-state index contributed by atoms with van der Waals surface area (Å²) >= 11 is 0. The lowest BCUT2D eigenvalue weighted by atomic mass is 10.3. The third kappa shape index (κ3) is 7.33. The summed E-state index contributed by atoms with van der Waals surface area (Å²) in [6.07, 6.45) is 2.99. The van der Waals surface area contributed by atoms with Crippen LogP contribution in [-0.4, -0.2) is 31.7 Å². The standard InChI is InChI=1S/C14H14N4O2/c19-14(20)13-9-5-3-1-2-4-7-11-15-17-18-16-12-8-6-10-13/h1-12H,(H,16,17)(H,19,20). The molecule has 1 aromatic heterocycles. The van der Waals surface area contributed by atoms with Crippen LogP contribution in [0.1, 0.15) is 10.4 Å². The topological polar surface area (TPSA) is 91.8 Å². The van der Waals surface area contributed by atoms with Gasteiger partial charge in [0.05, 0.1) is 11.8 Å². The number of carboxylic acid groups (broad SMARTS) is 1. The molecule has 0 saturated carbocycles. The lowest BCUT2D eigenvalue weighted by Gasteiger charge is -1.85. The fourth-order valence-electron chi connectivity index (χ4n) is 1.07. The largest absolute Gasteiger partial charge is 0.478 e. The quantitative estimate of drug-likeness (QED) is 0.816. The summed E-state index contributed by atoms with van der Waals surface area (Å²) in [4.78, 5) is 11.0. The van der Waals surface area contributed by atoms with Gasteiger partial charge in [0, 0.05) is 6.20 Å². The number of nitrogens with one attached hydrogen (secondary N) is 1. The Balaban J connectivity index is 3.25. The minimum atomic E-state index is -0.998. The first kappa shape index (κ1) is 15.0. The predicted molar refractivity (Wildman–Crippen MR) is 74.0 cm³/mol. The van der Waals surface area contributed by atoms with Crippen molar-refractivity contribution in [3.8, 4) is 0 Å². The highest BCUT2D eigenvalue weighted by molar-refractivity contribution is 5.87. The highest BCUT2D eigenvalue weighted by Gasteiger charge is 1.95. The number of hydrogen-bond donors (Lipinski definition) is 2. The van der Waals surface area contributed by atoms with Gasteiger partial charge in [-0.2, -0.15) is 0 Å². The van der Waals surface area contributed by atoms with Crippen LogP contribution < -0.4 is 0 Å². The van der Waals surface area contributed by atoms with Gasteiger partial charge >= 0.3 is 5.97 Å². The smallest absolute Gasteiger partial charge is 0.335 e. The third-order valence-electron chi connectivity index (χ3n) is 1.94. The van der Waals surface area contributed by atoms with E-state index in [1.807, 2.05) is 0 Å². The number of aromatic nitrogens is 4. The van der Waals surface area contributed by atoms with Crippen molar-refractivity contribution in [3.63, 3.8) is 0 Å². The van der Waals surface area contributed by atoms with Gasteiger partial charge in [0.15, 0.2) is 0 Å². The Bertz CT molecular complexity index is 553. The van der Waals surface area contributed by atoms with E-state index >= 15 is 0 Å². The predicted octanol–water partition coefficient (Wildman–Crippen LogP) is 2.27. The number of aromatic carboxylic acids is 1. The molecule has 0 aliphatic heterocycles. The van der Waals surface area contributed by atoms with Crippen LogP contribution in [0.5, 0.6) is 0 Å². The molecular formula is C14H14N4O2. The lowest BCUT2D eigenvalue weighted by Crippen LogP contribution is -1.92. The summed E-state index contributed by atoms with van der Waals surface area (Å²) < 4.78 is 0. The Morgan fingerprint density at radius 2 is 1.60 bits per heavy atom. The molecule has 0 saturated heterocycles. The van der Waals surface area contributed by atoms with Crippen molar-refractivity contribution in [2.75, 3.05) is 0 Å². The Kier molecular flexibility index (Phi) is 7.49. The zero-order valence-electron chi connectivity index (χ0n) is 10.6. The molecule has 0 atom stereocenters. The average molecular weight is 270 g/mol. The summed E-state index contributed by atoms with van der Waals surface area (Å²) in [5.41, 5.74) is 0.170. The fraction of sp³-hybridized carbons (Fsp3) is 0. The molecule has 20 heavy (non-hydrogen) atoms. The summed E-state index contributed by atoms with van der Waals surface area (Å²) in [6.45, 7) is 0. The first-order valence-electron chi connectivity index (χ1n) is 5.76. The number of H-pyrrole nitrogens is 1. The molecule has 6 nitrogen and oxygen atoms in total. The maximum absolute atomic E-state index is 11.0. The van der Waals surface area contributed by atoms with Gasteiger partial charge in [-0.1, -0.05) is 36.4 Å². The van der Waals surface area contributed by atoms with Gasteiger partial charge in [0.2, 0.25) is 0 Å². The van der Waals surface area contributed by atoms with E-state index in [0.717, 1.165) is 0 Å². The molecule has 0 spiro atoms. The number of carboxylic acids is 1. The molecule has 0 aromatic carbocycles. The average Bonchev–Trinajstić information content (AvgIpc) is 2.43. The Morgan fingerprint density at radius 3 is 2.35 bits per heavy atom. The van der Waals surface area contributed by atoms with Crippen LogP contribution in [0.3, 0.4) is 0 Å². The van der Waals surface area contributed by atoms with E-state index < -0.39 is 5.97 Å². The fourth-order valence-corrected chi connectivity index (χ4v) is 1.07. The van der Waals surface area contributed by atoms with E-state index in [9.17, 15) is 4.79 Å². The molecule has 1 aromatic rings. The molecule has 0 radical (unpaired) electrons.